The van der Waals surface area contributed by atoms with Crippen molar-refractivity contribution < 1.29 is 9.53 Å². The Morgan fingerprint density at radius 1 is 1.19 bits per heavy atom. The lowest BCUT2D eigenvalue weighted by molar-refractivity contribution is 0.0696. The van der Waals surface area contributed by atoms with Gasteiger partial charge in [-0.15, -0.1) is 22.9 Å². The minimum absolute atomic E-state index is 0.0800. The molecule has 0 radical (unpaired) electrons. The van der Waals surface area contributed by atoms with Gasteiger partial charge in [0.25, 0.3) is 11.5 Å². The van der Waals surface area contributed by atoms with Gasteiger partial charge >= 0.3 is 0 Å². The van der Waals surface area contributed by atoms with Crippen molar-refractivity contribution in [1.82, 2.24) is 19.8 Å². The second-order valence-electron chi connectivity index (χ2n) is 11.8. The number of hydrogen-bond donors (Lipinski definition) is 1. The second kappa shape index (κ2) is 12.3. The number of aromatic nitrogens is 2. The third-order valence-corrected chi connectivity index (χ3v) is 9.35. The van der Waals surface area contributed by atoms with Crippen molar-refractivity contribution in [2.45, 2.75) is 64.4 Å². The molecule has 7 nitrogen and oxygen atoms in total. The normalized spacial score (nSPS) is 21.3. The molecule has 3 aromatic rings. The molecule has 1 N–H and O–H groups in total. The monoisotopic (exact) mass is 616 g/mol. The molecule has 2 fully saturated rings. The van der Waals surface area contributed by atoms with Crippen LogP contribution in [0.1, 0.15) is 61.6 Å². The number of piperazine rings is 1. The zero-order valence-electron chi connectivity index (χ0n) is 25.0. The van der Waals surface area contributed by atoms with Gasteiger partial charge in [-0.2, -0.15) is 0 Å². The number of carbonyl (C=O) groups is 1. The summed E-state index contributed by atoms with van der Waals surface area (Å²) >= 11 is 8.05. The summed E-state index contributed by atoms with van der Waals surface area (Å²) in [5.74, 6) is 0.503. The number of nitrogens with zero attached hydrogens (tertiary/aromatic N) is 3. The Kier molecular flexibility index (Phi) is 8.45. The van der Waals surface area contributed by atoms with E-state index in [1.54, 1.807) is 10.6 Å². The summed E-state index contributed by atoms with van der Waals surface area (Å²) in [6.07, 6.45) is 8.15. The molecule has 0 spiro atoms. The molecule has 2 aliphatic heterocycles. The van der Waals surface area contributed by atoms with Crippen molar-refractivity contribution in [3.63, 3.8) is 0 Å². The number of pyridine rings is 1. The van der Waals surface area contributed by atoms with Gasteiger partial charge in [-0.25, -0.2) is 4.98 Å². The first kappa shape index (κ1) is 29.6. The summed E-state index contributed by atoms with van der Waals surface area (Å²) < 4.78 is 7.68. The Bertz CT molecular complexity index is 1690. The van der Waals surface area contributed by atoms with Crippen LogP contribution in [0.3, 0.4) is 0 Å². The van der Waals surface area contributed by atoms with Crippen LogP contribution in [0.25, 0.3) is 33.6 Å². The van der Waals surface area contributed by atoms with Crippen LogP contribution in [0.4, 0.5) is 0 Å². The lowest BCUT2D eigenvalue weighted by Crippen LogP contribution is -2.53. The Balaban J connectivity index is 1.58. The number of carbonyl (C=O) groups excluding carboxylic acids is 1. The van der Waals surface area contributed by atoms with Crippen molar-refractivity contribution >= 4 is 40.6 Å². The number of alkyl halides is 1. The Hall–Kier alpha value is -3.46. The number of nitrogens with one attached hydrogen (secondary N) is 1. The van der Waals surface area contributed by atoms with E-state index in [2.05, 4.69) is 5.32 Å². The van der Waals surface area contributed by atoms with Crippen LogP contribution in [0.5, 0.6) is 0 Å². The Morgan fingerprint density at radius 3 is 2.58 bits per heavy atom. The van der Waals surface area contributed by atoms with Crippen LogP contribution in [-0.4, -0.2) is 57.5 Å². The highest BCUT2D eigenvalue weighted by atomic mass is 35.5. The minimum Gasteiger partial charge on any atom is -0.492 e. The predicted octanol–water partition coefficient (Wildman–Crippen LogP) is 6.72. The summed E-state index contributed by atoms with van der Waals surface area (Å²) in [4.78, 5) is 35.9. The van der Waals surface area contributed by atoms with Crippen molar-refractivity contribution in [3.8, 4) is 21.8 Å². The van der Waals surface area contributed by atoms with Crippen molar-refractivity contribution in [2.24, 2.45) is 0 Å². The van der Waals surface area contributed by atoms with E-state index in [0.717, 1.165) is 29.7 Å². The average Bonchev–Trinajstić information content (AvgIpc) is 3.60. The molecule has 4 heterocycles. The van der Waals surface area contributed by atoms with Crippen molar-refractivity contribution in [1.29, 1.82) is 0 Å². The molecule has 6 rings (SSSR count). The number of likely N-dealkylation sites (tertiary alicyclic amines) is 1. The third-order valence-electron chi connectivity index (χ3n) is 8.18. The maximum absolute atomic E-state index is 14.6. The van der Waals surface area contributed by atoms with Gasteiger partial charge in [0.05, 0.1) is 40.2 Å². The van der Waals surface area contributed by atoms with E-state index in [4.69, 9.17) is 21.3 Å². The van der Waals surface area contributed by atoms with Gasteiger partial charge in [0.2, 0.25) is 0 Å². The zero-order chi connectivity index (χ0) is 30.2. The third kappa shape index (κ3) is 6.01. The molecule has 224 valence electrons. The molecule has 2 aromatic heterocycles. The number of fused-ring (bicyclic) bond motifs is 2. The van der Waals surface area contributed by atoms with Crippen molar-refractivity contribution in [3.05, 3.63) is 86.4 Å². The molecule has 2 bridgehead atoms. The van der Waals surface area contributed by atoms with Crippen LogP contribution < -0.4 is 10.9 Å². The molecular formula is C34H37ClN4O3S. The predicted molar refractivity (Wildman–Crippen MR) is 175 cm³/mol. The highest BCUT2D eigenvalue weighted by Crippen LogP contribution is 2.34. The number of ether oxygens (including phenoxy) is 1. The molecular weight excluding hydrogens is 580 g/mol. The number of thiazole rings is 1. The summed E-state index contributed by atoms with van der Waals surface area (Å²) in [5.41, 5.74) is 5.72. The molecule has 43 heavy (non-hydrogen) atoms. The van der Waals surface area contributed by atoms with Crippen LogP contribution in [0.15, 0.2) is 64.0 Å². The molecule has 2 saturated heterocycles. The number of allylic oxidation sites excluding steroid dienone is 4. The number of benzene rings is 1. The first-order valence-corrected chi connectivity index (χ1v) is 16.2. The number of halogens is 1. The van der Waals surface area contributed by atoms with E-state index in [9.17, 15) is 9.59 Å². The van der Waals surface area contributed by atoms with Gasteiger partial charge in [-0.1, -0.05) is 41.5 Å². The number of aryl methyl sites for hydroxylation is 1. The molecule has 0 saturated carbocycles. The highest BCUT2D eigenvalue weighted by Gasteiger charge is 2.36. The van der Waals surface area contributed by atoms with Gasteiger partial charge in [-0.3, -0.25) is 14.2 Å². The largest absolute Gasteiger partial charge is 0.492 e. The van der Waals surface area contributed by atoms with E-state index < -0.39 is 0 Å². The SMILES string of the molecule is CCOC1=C(n2c(C=C(C)C)c(C(=O)N3CC4CCC(C3)N4)cc(-c3nc(-c4ccc(C)cc4)cs3)c2=O)C[C@@H](Cl)C=C1. The molecule has 3 aliphatic rings. The van der Waals surface area contributed by atoms with Crippen LogP contribution >= 0.6 is 22.9 Å². The highest BCUT2D eigenvalue weighted by molar-refractivity contribution is 7.13. The van der Waals surface area contributed by atoms with E-state index in [1.165, 1.54) is 16.9 Å². The fraction of sp³-hybridized carbons (Fsp3) is 0.382. The molecule has 1 aromatic carbocycles. The smallest absolute Gasteiger partial charge is 0.265 e. The standard InChI is InChI=1S/C34H37ClN4O3S/c1-5-42-31-13-10-23(35)15-30(31)39-29(14-20(2)3)26(33(40)38-17-24-11-12-25(18-38)36-24)16-27(34(39)41)32-37-28(19-43-32)22-8-6-21(4)7-9-22/h6-10,13-14,16,19,23-25,36H,5,11-12,15,17-18H2,1-4H3/t23-,24?,25?/m0/s1. The quantitative estimate of drug-likeness (QED) is 0.298. The van der Waals surface area contributed by atoms with E-state index in [1.807, 2.05) is 80.5 Å². The first-order valence-electron chi connectivity index (χ1n) is 14.9. The summed E-state index contributed by atoms with van der Waals surface area (Å²) in [6.45, 7) is 9.63. The Morgan fingerprint density at radius 2 is 1.91 bits per heavy atom. The fourth-order valence-electron chi connectivity index (χ4n) is 6.16. The van der Waals surface area contributed by atoms with E-state index in [0.29, 0.717) is 71.5 Å². The number of rotatable bonds is 7. The van der Waals surface area contributed by atoms with E-state index >= 15 is 0 Å². The molecule has 9 heteroatoms. The Labute approximate surface area is 261 Å². The number of amides is 1. The van der Waals surface area contributed by atoms with Gasteiger partial charge in [0, 0.05) is 42.5 Å². The maximum atomic E-state index is 14.6. The summed E-state index contributed by atoms with van der Waals surface area (Å²) in [6, 6.07) is 10.5. The van der Waals surface area contributed by atoms with Crippen molar-refractivity contribution in [2.75, 3.05) is 19.7 Å². The zero-order valence-corrected chi connectivity index (χ0v) is 26.6. The van der Waals surface area contributed by atoms with Gasteiger partial charge in [-0.05, 0) is 58.8 Å². The molecule has 3 atom stereocenters. The van der Waals surface area contributed by atoms with Gasteiger partial charge < -0.3 is 15.0 Å². The average molecular weight is 617 g/mol. The van der Waals surface area contributed by atoms with Crippen LogP contribution in [0.2, 0.25) is 0 Å². The van der Waals surface area contributed by atoms with Crippen LogP contribution in [-0.2, 0) is 4.74 Å². The molecule has 2 unspecified atom stereocenters. The lowest BCUT2D eigenvalue weighted by atomic mass is 10.0. The second-order valence-corrected chi connectivity index (χ2v) is 13.2. The van der Waals surface area contributed by atoms with Crippen LogP contribution in [0, 0.1) is 6.92 Å². The molecule has 1 aliphatic carbocycles. The summed E-state index contributed by atoms with van der Waals surface area (Å²) in [7, 11) is 0. The first-order chi connectivity index (χ1) is 20.7. The topological polar surface area (TPSA) is 76.5 Å². The lowest BCUT2D eigenvalue weighted by Gasteiger charge is -2.33. The maximum Gasteiger partial charge on any atom is 0.265 e. The van der Waals surface area contributed by atoms with Gasteiger partial charge in [0.15, 0.2) is 0 Å². The summed E-state index contributed by atoms with van der Waals surface area (Å²) in [5, 5.41) is 5.83. The number of hydrogen-bond acceptors (Lipinski definition) is 6. The van der Waals surface area contributed by atoms with E-state index in [-0.39, 0.29) is 16.8 Å². The minimum atomic E-state index is -0.315. The molecule has 1 amide bonds. The van der Waals surface area contributed by atoms with Gasteiger partial charge in [0.1, 0.15) is 10.8 Å². The fourth-order valence-corrected chi connectivity index (χ4v) is 7.21.